The molecule has 0 spiro atoms. The second-order valence-corrected chi connectivity index (χ2v) is 10.3. The highest BCUT2D eigenvalue weighted by Crippen LogP contribution is 2.24. The van der Waals surface area contributed by atoms with Crippen LogP contribution in [0.2, 0.25) is 0 Å². The van der Waals surface area contributed by atoms with E-state index in [1.807, 2.05) is 0 Å². The van der Waals surface area contributed by atoms with Gasteiger partial charge in [0.25, 0.3) is 0 Å². The zero-order valence-electron chi connectivity index (χ0n) is 17.6. The summed E-state index contributed by atoms with van der Waals surface area (Å²) in [5.41, 5.74) is -0.284. The van der Waals surface area contributed by atoms with Crippen LogP contribution in [-0.4, -0.2) is 74.1 Å². The highest BCUT2D eigenvalue weighted by atomic mass is 32.2. The average molecular weight is 440 g/mol. The zero-order valence-corrected chi connectivity index (χ0v) is 18.4. The van der Waals surface area contributed by atoms with Crippen LogP contribution < -0.4 is 5.32 Å². The maximum absolute atomic E-state index is 12.8. The topological polar surface area (TPSA) is 105 Å². The third-order valence-corrected chi connectivity index (χ3v) is 6.79. The predicted molar refractivity (Wildman–Crippen MR) is 111 cm³/mol. The number of likely N-dealkylation sites (tertiary alicyclic amines) is 1. The van der Waals surface area contributed by atoms with E-state index in [0.717, 1.165) is 0 Å². The molecule has 2 fully saturated rings. The lowest BCUT2D eigenvalue weighted by molar-refractivity contribution is -0.120. The second kappa shape index (κ2) is 8.91. The van der Waals surface area contributed by atoms with E-state index in [1.54, 1.807) is 32.9 Å². The van der Waals surface area contributed by atoms with Crippen molar-refractivity contribution in [3.05, 3.63) is 24.3 Å². The van der Waals surface area contributed by atoms with Gasteiger partial charge >= 0.3 is 6.09 Å². The number of carbonyl (C=O) groups is 2. The molecule has 9 nitrogen and oxygen atoms in total. The number of ether oxygens (including phenoxy) is 2. The highest BCUT2D eigenvalue weighted by molar-refractivity contribution is 7.89. The minimum atomic E-state index is -3.67. The van der Waals surface area contributed by atoms with E-state index in [-0.39, 0.29) is 10.8 Å². The van der Waals surface area contributed by atoms with Crippen LogP contribution in [-0.2, 0) is 24.3 Å². The molecule has 1 aromatic carbocycles. The molecular weight excluding hydrogens is 410 g/mol. The summed E-state index contributed by atoms with van der Waals surface area (Å²) in [6, 6.07) is 5.50. The molecule has 0 aliphatic carbocycles. The zero-order chi connectivity index (χ0) is 21.9. The largest absolute Gasteiger partial charge is 0.444 e. The monoisotopic (exact) mass is 439 g/mol. The van der Waals surface area contributed by atoms with Gasteiger partial charge in [-0.15, -0.1) is 0 Å². The molecule has 1 unspecified atom stereocenters. The number of amides is 2. The number of nitrogens with zero attached hydrogens (tertiary/aromatic N) is 2. The quantitative estimate of drug-likeness (QED) is 0.770. The van der Waals surface area contributed by atoms with Crippen molar-refractivity contribution in [3.8, 4) is 0 Å². The van der Waals surface area contributed by atoms with Crippen LogP contribution in [0, 0.1) is 0 Å². The lowest BCUT2D eigenvalue weighted by atomic mass is 10.2. The first-order valence-electron chi connectivity index (χ1n) is 10.1. The maximum atomic E-state index is 12.8. The first-order chi connectivity index (χ1) is 14.1. The summed E-state index contributed by atoms with van der Waals surface area (Å²) in [5, 5.41) is 2.75. The van der Waals surface area contributed by atoms with Crippen LogP contribution >= 0.6 is 0 Å². The number of nitrogens with one attached hydrogen (secondary N) is 1. The number of hydrogen-bond donors (Lipinski definition) is 1. The maximum Gasteiger partial charge on any atom is 0.410 e. The van der Waals surface area contributed by atoms with E-state index in [0.29, 0.717) is 51.4 Å². The summed E-state index contributed by atoms with van der Waals surface area (Å²) in [6.45, 7) is 7.08. The number of carbonyl (C=O) groups excluding carboxylic acids is 2. The van der Waals surface area contributed by atoms with Crippen molar-refractivity contribution in [2.24, 2.45) is 0 Å². The molecule has 3 rings (SSSR count). The Hall–Kier alpha value is -2.17. The van der Waals surface area contributed by atoms with Gasteiger partial charge in [-0.25, -0.2) is 13.2 Å². The van der Waals surface area contributed by atoms with Gasteiger partial charge < -0.3 is 14.8 Å². The molecule has 1 N–H and O–H groups in total. The van der Waals surface area contributed by atoms with E-state index < -0.39 is 27.8 Å². The number of anilines is 1. The van der Waals surface area contributed by atoms with Crippen molar-refractivity contribution < 1.29 is 27.5 Å². The van der Waals surface area contributed by atoms with Gasteiger partial charge in [-0.3, -0.25) is 9.69 Å². The van der Waals surface area contributed by atoms with Crippen LogP contribution in [0.15, 0.2) is 29.2 Å². The molecule has 1 atom stereocenters. The van der Waals surface area contributed by atoms with Gasteiger partial charge in [-0.05, 0) is 51.8 Å². The Morgan fingerprint density at radius 2 is 1.87 bits per heavy atom. The number of sulfonamides is 1. The third kappa shape index (κ3) is 5.30. The van der Waals surface area contributed by atoms with Crippen molar-refractivity contribution in [1.82, 2.24) is 9.21 Å². The highest BCUT2D eigenvalue weighted by Gasteiger charge is 2.36. The first-order valence-corrected chi connectivity index (χ1v) is 11.5. The minimum Gasteiger partial charge on any atom is -0.444 e. The molecule has 0 aromatic heterocycles. The third-order valence-electron chi connectivity index (χ3n) is 4.89. The number of morpholine rings is 1. The molecule has 2 aliphatic rings. The Kier molecular flexibility index (Phi) is 6.68. The number of hydrogen-bond acceptors (Lipinski definition) is 6. The molecular formula is C20H29N3O6S. The molecule has 166 valence electrons. The van der Waals surface area contributed by atoms with Crippen molar-refractivity contribution in [3.63, 3.8) is 0 Å². The summed E-state index contributed by atoms with van der Waals surface area (Å²) >= 11 is 0. The Morgan fingerprint density at radius 3 is 2.53 bits per heavy atom. The van der Waals surface area contributed by atoms with Crippen LogP contribution in [0.25, 0.3) is 0 Å². The molecule has 0 saturated carbocycles. The molecule has 2 aliphatic heterocycles. The number of rotatable bonds is 4. The van der Waals surface area contributed by atoms with Crippen LogP contribution in [0.4, 0.5) is 10.5 Å². The van der Waals surface area contributed by atoms with Crippen molar-refractivity contribution in [2.45, 2.75) is 50.2 Å². The van der Waals surface area contributed by atoms with Crippen LogP contribution in [0.1, 0.15) is 33.6 Å². The van der Waals surface area contributed by atoms with Gasteiger partial charge in [0.15, 0.2) is 0 Å². The summed E-state index contributed by atoms with van der Waals surface area (Å²) in [7, 11) is -3.67. The van der Waals surface area contributed by atoms with Gasteiger partial charge in [-0.2, -0.15) is 4.31 Å². The Balaban J connectivity index is 1.71. The van der Waals surface area contributed by atoms with Gasteiger partial charge in [0, 0.05) is 25.3 Å². The summed E-state index contributed by atoms with van der Waals surface area (Å²) in [5.74, 6) is -0.362. The molecule has 1 aromatic rings. The normalized spacial score (nSPS) is 20.8. The lowest BCUT2D eigenvalue weighted by Crippen LogP contribution is -2.45. The standard InChI is InChI=1S/C20H29N3O6S/c1-20(2,3)29-19(25)23-9-5-8-17(23)18(24)21-15-6-4-7-16(14-15)30(26,27)22-10-12-28-13-11-22/h4,6-7,14,17H,5,8-13H2,1-3H3,(H,21,24). The van der Waals surface area contributed by atoms with Crippen LogP contribution in [0.3, 0.4) is 0 Å². The first kappa shape index (κ1) is 22.5. The Labute approximate surface area is 177 Å². The van der Waals surface area contributed by atoms with E-state index >= 15 is 0 Å². The summed E-state index contributed by atoms with van der Waals surface area (Å²) in [6.07, 6.45) is 0.698. The average Bonchev–Trinajstić information content (AvgIpc) is 3.18. The Morgan fingerprint density at radius 1 is 1.17 bits per heavy atom. The van der Waals surface area contributed by atoms with E-state index in [1.165, 1.54) is 21.3 Å². The fourth-order valence-electron chi connectivity index (χ4n) is 3.47. The Bertz CT molecular complexity index is 890. The van der Waals surface area contributed by atoms with Gasteiger partial charge in [-0.1, -0.05) is 6.07 Å². The van der Waals surface area contributed by atoms with Gasteiger partial charge in [0.1, 0.15) is 11.6 Å². The van der Waals surface area contributed by atoms with Gasteiger partial charge in [0.05, 0.1) is 18.1 Å². The summed E-state index contributed by atoms with van der Waals surface area (Å²) in [4.78, 5) is 26.8. The summed E-state index contributed by atoms with van der Waals surface area (Å²) < 4.78 is 37.7. The molecule has 0 bridgehead atoms. The van der Waals surface area contributed by atoms with E-state index in [2.05, 4.69) is 5.32 Å². The van der Waals surface area contributed by atoms with Crippen molar-refractivity contribution >= 4 is 27.7 Å². The van der Waals surface area contributed by atoms with Crippen molar-refractivity contribution in [2.75, 3.05) is 38.2 Å². The van der Waals surface area contributed by atoms with Crippen molar-refractivity contribution in [1.29, 1.82) is 0 Å². The molecule has 2 saturated heterocycles. The molecule has 2 heterocycles. The van der Waals surface area contributed by atoms with Gasteiger partial charge in [0.2, 0.25) is 15.9 Å². The fourth-order valence-corrected chi connectivity index (χ4v) is 4.93. The number of benzene rings is 1. The van der Waals surface area contributed by atoms with E-state index in [9.17, 15) is 18.0 Å². The minimum absolute atomic E-state index is 0.109. The molecule has 10 heteroatoms. The predicted octanol–water partition coefficient (Wildman–Crippen LogP) is 2.05. The molecule has 30 heavy (non-hydrogen) atoms. The molecule has 0 radical (unpaired) electrons. The lowest BCUT2D eigenvalue weighted by Gasteiger charge is -2.28. The smallest absolute Gasteiger partial charge is 0.410 e. The SMILES string of the molecule is CC(C)(C)OC(=O)N1CCCC1C(=O)Nc1cccc(S(=O)(=O)N2CCOCC2)c1. The second-order valence-electron chi connectivity index (χ2n) is 8.37. The van der Waals surface area contributed by atoms with Crippen LogP contribution in [0.5, 0.6) is 0 Å². The fraction of sp³-hybridized carbons (Fsp3) is 0.600. The molecule has 2 amide bonds. The van der Waals surface area contributed by atoms with E-state index in [4.69, 9.17) is 9.47 Å².